The number of hydrogen-bond donors (Lipinski definition) is 2. The Morgan fingerprint density at radius 2 is 2.10 bits per heavy atom. The third-order valence-corrected chi connectivity index (χ3v) is 4.07. The van der Waals surface area contributed by atoms with Crippen molar-refractivity contribution in [2.24, 2.45) is 0 Å². The molecule has 2 aromatic rings. The van der Waals surface area contributed by atoms with E-state index in [0.717, 1.165) is 16.9 Å². The van der Waals surface area contributed by atoms with E-state index in [9.17, 15) is 13.2 Å². The molecule has 1 amide bonds. The first-order valence-corrected chi connectivity index (χ1v) is 8.88. The molecule has 1 heterocycles. The zero-order valence-corrected chi connectivity index (χ0v) is 12.7. The Morgan fingerprint density at radius 1 is 1.33 bits per heavy atom. The summed E-state index contributed by atoms with van der Waals surface area (Å²) in [5.74, 6) is 0.742. The van der Waals surface area contributed by atoms with Crippen LogP contribution >= 0.6 is 0 Å². The molecule has 0 aliphatic rings. The van der Waals surface area contributed by atoms with Gasteiger partial charge in [0, 0.05) is 25.6 Å². The maximum atomic E-state index is 11.6. The maximum absolute atomic E-state index is 11.6. The van der Waals surface area contributed by atoms with Gasteiger partial charge in [0.05, 0.1) is 16.8 Å². The van der Waals surface area contributed by atoms with E-state index in [1.54, 1.807) is 0 Å². The molecule has 1 aromatic carbocycles. The zero-order chi connectivity index (χ0) is 15.3. The van der Waals surface area contributed by atoms with Gasteiger partial charge in [-0.25, -0.2) is 13.4 Å². The van der Waals surface area contributed by atoms with E-state index in [-0.39, 0.29) is 18.1 Å². The van der Waals surface area contributed by atoms with Crippen molar-refractivity contribution < 1.29 is 13.2 Å². The van der Waals surface area contributed by atoms with Crippen LogP contribution in [0, 0.1) is 0 Å². The summed E-state index contributed by atoms with van der Waals surface area (Å²) in [5.41, 5.74) is 1.89. The minimum absolute atomic E-state index is 0.0456. The minimum atomic E-state index is -2.99. The zero-order valence-electron chi connectivity index (χ0n) is 11.9. The first-order chi connectivity index (χ1) is 9.94. The number of rotatable bonds is 7. The summed E-state index contributed by atoms with van der Waals surface area (Å²) in [4.78, 5) is 19.2. The van der Waals surface area contributed by atoms with Crippen LogP contribution in [-0.2, 0) is 21.1 Å². The number of imidazole rings is 1. The molecule has 0 atom stereocenters. The van der Waals surface area contributed by atoms with E-state index in [1.807, 2.05) is 24.3 Å². The van der Waals surface area contributed by atoms with Crippen molar-refractivity contribution in [3.63, 3.8) is 0 Å². The van der Waals surface area contributed by atoms with Crippen LogP contribution in [0.25, 0.3) is 11.0 Å². The lowest BCUT2D eigenvalue weighted by atomic mass is 10.3. The van der Waals surface area contributed by atoms with Gasteiger partial charge in [0.25, 0.3) is 0 Å². The Labute approximate surface area is 123 Å². The van der Waals surface area contributed by atoms with Crippen molar-refractivity contribution in [1.82, 2.24) is 15.3 Å². The number of hydrogen-bond acceptors (Lipinski definition) is 4. The third kappa shape index (κ3) is 5.18. The van der Waals surface area contributed by atoms with E-state index in [2.05, 4.69) is 15.3 Å². The van der Waals surface area contributed by atoms with Crippen LogP contribution in [0.2, 0.25) is 0 Å². The third-order valence-electron chi connectivity index (χ3n) is 3.04. The Morgan fingerprint density at radius 3 is 2.81 bits per heavy atom. The fourth-order valence-electron chi connectivity index (χ4n) is 2.03. The molecule has 0 fully saturated rings. The molecule has 0 saturated carbocycles. The lowest BCUT2D eigenvalue weighted by molar-refractivity contribution is -0.121. The van der Waals surface area contributed by atoms with Crippen LogP contribution in [0.15, 0.2) is 24.3 Å². The quantitative estimate of drug-likeness (QED) is 0.799. The van der Waals surface area contributed by atoms with Gasteiger partial charge in [-0.1, -0.05) is 12.1 Å². The van der Waals surface area contributed by atoms with Crippen molar-refractivity contribution in [3.05, 3.63) is 30.1 Å². The van der Waals surface area contributed by atoms with Gasteiger partial charge in [0.15, 0.2) is 0 Å². The fourth-order valence-corrected chi connectivity index (χ4v) is 2.70. The Kier molecular flexibility index (Phi) is 4.95. The molecular weight excluding hydrogens is 290 g/mol. The topological polar surface area (TPSA) is 91.9 Å². The lowest BCUT2D eigenvalue weighted by Crippen LogP contribution is -2.26. The molecule has 0 bridgehead atoms. The molecule has 0 aliphatic carbocycles. The van der Waals surface area contributed by atoms with Crippen molar-refractivity contribution in [2.75, 3.05) is 18.6 Å². The average Bonchev–Trinajstić information content (AvgIpc) is 2.79. The minimum Gasteiger partial charge on any atom is -0.356 e. The second-order valence-corrected chi connectivity index (χ2v) is 7.29. The highest BCUT2D eigenvalue weighted by Crippen LogP contribution is 2.10. The second-order valence-electron chi connectivity index (χ2n) is 5.03. The molecule has 114 valence electrons. The predicted molar refractivity (Wildman–Crippen MR) is 81.8 cm³/mol. The summed E-state index contributed by atoms with van der Waals surface area (Å²) in [6.45, 7) is 0.484. The predicted octanol–water partition coefficient (Wildman–Crippen LogP) is 1.05. The molecule has 0 saturated heterocycles. The van der Waals surface area contributed by atoms with Crippen LogP contribution in [0.5, 0.6) is 0 Å². The second kappa shape index (κ2) is 6.71. The number of para-hydroxylation sites is 2. The number of nitrogens with one attached hydrogen (secondary N) is 2. The van der Waals surface area contributed by atoms with Crippen LogP contribution in [0.3, 0.4) is 0 Å². The average molecular weight is 309 g/mol. The van der Waals surface area contributed by atoms with Gasteiger partial charge in [-0.3, -0.25) is 4.79 Å². The van der Waals surface area contributed by atoms with Gasteiger partial charge < -0.3 is 10.3 Å². The number of H-pyrrole nitrogens is 1. The highest BCUT2D eigenvalue weighted by atomic mass is 32.2. The summed E-state index contributed by atoms with van der Waals surface area (Å²) in [6.07, 6.45) is 2.38. The molecule has 0 aliphatic heterocycles. The molecule has 0 unspecified atom stereocenters. The van der Waals surface area contributed by atoms with Gasteiger partial charge in [0.1, 0.15) is 15.7 Å². The number of carbonyl (C=O) groups is 1. The van der Waals surface area contributed by atoms with Gasteiger partial charge in [-0.05, 0) is 18.6 Å². The number of carbonyl (C=O) groups excluding carboxylic acids is 1. The van der Waals surface area contributed by atoms with Gasteiger partial charge >= 0.3 is 0 Å². The van der Waals surface area contributed by atoms with Crippen LogP contribution in [0.1, 0.15) is 18.7 Å². The molecule has 2 N–H and O–H groups in total. The van der Waals surface area contributed by atoms with Crippen LogP contribution in [0.4, 0.5) is 0 Å². The summed E-state index contributed by atoms with van der Waals surface area (Å²) < 4.78 is 21.9. The summed E-state index contributed by atoms with van der Waals surface area (Å²) >= 11 is 0. The monoisotopic (exact) mass is 309 g/mol. The van der Waals surface area contributed by atoms with E-state index >= 15 is 0 Å². The van der Waals surface area contributed by atoms with Crippen molar-refractivity contribution in [1.29, 1.82) is 0 Å². The summed E-state index contributed by atoms with van der Waals surface area (Å²) in [6, 6.07) is 7.75. The van der Waals surface area contributed by atoms with Gasteiger partial charge in [0.2, 0.25) is 5.91 Å². The number of amides is 1. The summed E-state index contributed by atoms with van der Waals surface area (Å²) in [5, 5.41) is 2.77. The molecule has 6 nitrogen and oxygen atoms in total. The number of sulfone groups is 1. The van der Waals surface area contributed by atoms with Crippen molar-refractivity contribution >= 4 is 26.8 Å². The number of aromatic amines is 1. The molecule has 0 spiro atoms. The number of nitrogens with zero attached hydrogens (tertiary/aromatic N) is 1. The Balaban J connectivity index is 1.72. The highest BCUT2D eigenvalue weighted by Gasteiger charge is 2.06. The molecule has 21 heavy (non-hydrogen) atoms. The van der Waals surface area contributed by atoms with Gasteiger partial charge in [-0.2, -0.15) is 0 Å². The van der Waals surface area contributed by atoms with Crippen molar-refractivity contribution in [3.8, 4) is 0 Å². The van der Waals surface area contributed by atoms with E-state index in [1.165, 1.54) is 6.26 Å². The summed E-state index contributed by atoms with van der Waals surface area (Å²) in [7, 11) is -2.99. The van der Waals surface area contributed by atoms with Crippen molar-refractivity contribution in [2.45, 2.75) is 19.3 Å². The molecule has 7 heteroatoms. The number of fused-ring (bicyclic) bond motifs is 1. The number of aromatic nitrogens is 2. The Bertz CT molecular complexity index is 689. The normalized spacial score (nSPS) is 11.7. The standard InChI is InChI=1S/C14H19N3O3S/c1-21(19,20)10-4-7-14(18)15-9-8-13-16-11-5-2-3-6-12(11)17-13/h2-3,5-6H,4,7-10H2,1H3,(H,15,18)(H,16,17). The smallest absolute Gasteiger partial charge is 0.220 e. The first kappa shape index (κ1) is 15.5. The largest absolute Gasteiger partial charge is 0.356 e. The van der Waals surface area contributed by atoms with E-state index < -0.39 is 9.84 Å². The number of benzene rings is 1. The SMILES string of the molecule is CS(=O)(=O)CCCC(=O)NCCc1nc2ccccc2[nH]1. The molecule has 0 radical (unpaired) electrons. The van der Waals surface area contributed by atoms with Crippen LogP contribution in [-0.4, -0.2) is 42.8 Å². The van der Waals surface area contributed by atoms with Gasteiger partial charge in [-0.15, -0.1) is 0 Å². The highest BCUT2D eigenvalue weighted by molar-refractivity contribution is 7.90. The lowest BCUT2D eigenvalue weighted by Gasteiger charge is -2.03. The van der Waals surface area contributed by atoms with E-state index in [0.29, 0.717) is 19.4 Å². The first-order valence-electron chi connectivity index (χ1n) is 6.82. The fraction of sp³-hybridized carbons (Fsp3) is 0.429. The Hall–Kier alpha value is -1.89. The molecular formula is C14H19N3O3S. The molecule has 2 rings (SSSR count). The molecule has 1 aromatic heterocycles. The van der Waals surface area contributed by atoms with Crippen LogP contribution < -0.4 is 5.32 Å². The van der Waals surface area contributed by atoms with E-state index in [4.69, 9.17) is 0 Å². The maximum Gasteiger partial charge on any atom is 0.220 e.